The topological polar surface area (TPSA) is 52.3 Å². The number of hydrogen-bond acceptors (Lipinski definition) is 3. The van der Waals surface area contributed by atoms with Crippen LogP contribution in [0.3, 0.4) is 0 Å². The molecule has 0 spiro atoms. The lowest BCUT2D eigenvalue weighted by atomic mass is 9.97. The van der Waals surface area contributed by atoms with Crippen molar-refractivity contribution in [2.45, 2.75) is 46.3 Å². The Balaban J connectivity index is 4.12. The minimum atomic E-state index is -0.252. The first-order valence-corrected chi connectivity index (χ1v) is 4.41. The molecule has 0 aromatic heterocycles. The molecule has 0 saturated carbocycles. The van der Waals surface area contributed by atoms with E-state index in [1.807, 2.05) is 13.8 Å². The van der Waals surface area contributed by atoms with E-state index in [4.69, 9.17) is 10.5 Å². The van der Waals surface area contributed by atoms with Crippen LogP contribution >= 0.6 is 0 Å². The molecule has 3 unspecified atom stereocenters. The van der Waals surface area contributed by atoms with E-state index in [0.717, 1.165) is 6.42 Å². The largest absolute Gasteiger partial charge is 0.461 e. The summed E-state index contributed by atoms with van der Waals surface area (Å²) in [6.07, 6.45) is 0.826. The smallest absolute Gasteiger partial charge is 0.302 e. The van der Waals surface area contributed by atoms with Gasteiger partial charge in [0.15, 0.2) is 0 Å². The summed E-state index contributed by atoms with van der Waals surface area (Å²) in [5, 5.41) is 0. The Bertz CT molecular complexity index is 145. The molecular weight excluding hydrogens is 154 g/mol. The highest BCUT2D eigenvalue weighted by atomic mass is 16.5. The second kappa shape index (κ2) is 5.14. The summed E-state index contributed by atoms with van der Waals surface area (Å²) in [5.74, 6) is 0.0755. The van der Waals surface area contributed by atoms with E-state index in [0.29, 0.717) is 5.92 Å². The van der Waals surface area contributed by atoms with Crippen molar-refractivity contribution in [3.63, 3.8) is 0 Å². The zero-order chi connectivity index (χ0) is 9.72. The van der Waals surface area contributed by atoms with Gasteiger partial charge in [-0.25, -0.2) is 0 Å². The molecule has 72 valence electrons. The third-order valence-corrected chi connectivity index (χ3v) is 2.03. The van der Waals surface area contributed by atoms with Gasteiger partial charge in [0.1, 0.15) is 6.10 Å². The minimum Gasteiger partial charge on any atom is -0.461 e. The molecule has 0 bridgehead atoms. The van der Waals surface area contributed by atoms with Gasteiger partial charge in [0.25, 0.3) is 0 Å². The van der Waals surface area contributed by atoms with Crippen molar-refractivity contribution in [3.05, 3.63) is 0 Å². The van der Waals surface area contributed by atoms with Crippen molar-refractivity contribution < 1.29 is 9.53 Å². The lowest BCUT2D eigenvalue weighted by molar-refractivity contribution is -0.149. The van der Waals surface area contributed by atoms with Crippen molar-refractivity contribution in [1.29, 1.82) is 0 Å². The fourth-order valence-electron chi connectivity index (χ4n) is 1.17. The van der Waals surface area contributed by atoms with Crippen molar-refractivity contribution in [3.8, 4) is 0 Å². The number of carbonyl (C=O) groups excluding carboxylic acids is 1. The van der Waals surface area contributed by atoms with Gasteiger partial charge < -0.3 is 10.5 Å². The molecule has 0 amide bonds. The van der Waals surface area contributed by atoms with E-state index in [9.17, 15) is 4.79 Å². The molecule has 0 fully saturated rings. The molecule has 2 N–H and O–H groups in total. The Labute approximate surface area is 74.3 Å². The predicted octanol–water partition coefficient (Wildman–Crippen LogP) is 1.31. The van der Waals surface area contributed by atoms with Crippen LogP contribution in [0.2, 0.25) is 0 Å². The highest BCUT2D eigenvalue weighted by Crippen LogP contribution is 2.14. The first-order chi connectivity index (χ1) is 5.49. The standard InChI is InChI=1S/C9H19NO2/c1-5-6(2)9(7(3)10)12-8(4)11/h6-7,9H,5,10H2,1-4H3. The molecule has 3 nitrogen and oxygen atoms in total. The number of carbonyl (C=O) groups is 1. The summed E-state index contributed by atoms with van der Waals surface area (Å²) >= 11 is 0. The van der Waals surface area contributed by atoms with Crippen LogP contribution in [-0.2, 0) is 9.53 Å². The molecule has 0 saturated heterocycles. The number of rotatable bonds is 4. The van der Waals surface area contributed by atoms with E-state index < -0.39 is 0 Å². The van der Waals surface area contributed by atoms with E-state index in [2.05, 4.69) is 6.92 Å². The van der Waals surface area contributed by atoms with Gasteiger partial charge in [-0.05, 0) is 19.3 Å². The highest BCUT2D eigenvalue weighted by Gasteiger charge is 2.22. The Hall–Kier alpha value is -0.570. The lowest BCUT2D eigenvalue weighted by Gasteiger charge is -2.25. The average Bonchev–Trinajstić information content (AvgIpc) is 1.98. The second-order valence-electron chi connectivity index (χ2n) is 3.32. The lowest BCUT2D eigenvalue weighted by Crippen LogP contribution is -2.39. The van der Waals surface area contributed by atoms with Crippen molar-refractivity contribution in [1.82, 2.24) is 0 Å². The zero-order valence-corrected chi connectivity index (χ0v) is 8.33. The normalized spacial score (nSPS) is 18.1. The van der Waals surface area contributed by atoms with Crippen LogP contribution in [0, 0.1) is 5.92 Å². The van der Waals surface area contributed by atoms with E-state index >= 15 is 0 Å². The molecule has 12 heavy (non-hydrogen) atoms. The molecule has 0 radical (unpaired) electrons. The van der Waals surface area contributed by atoms with Gasteiger partial charge in [-0.15, -0.1) is 0 Å². The number of hydrogen-bond donors (Lipinski definition) is 1. The summed E-state index contributed by atoms with van der Waals surface area (Å²) in [7, 11) is 0. The Morgan fingerprint density at radius 3 is 2.25 bits per heavy atom. The fourth-order valence-corrected chi connectivity index (χ4v) is 1.17. The molecule has 0 aliphatic rings. The number of nitrogens with two attached hydrogens (primary N) is 1. The molecule has 0 rings (SSSR count). The monoisotopic (exact) mass is 173 g/mol. The molecule has 3 heteroatoms. The minimum absolute atomic E-state index is 0.0937. The van der Waals surface area contributed by atoms with Gasteiger partial charge in [0.05, 0.1) is 0 Å². The van der Waals surface area contributed by atoms with Gasteiger partial charge in [0, 0.05) is 13.0 Å². The molecule has 0 aliphatic carbocycles. The van der Waals surface area contributed by atoms with Crippen molar-refractivity contribution in [2.24, 2.45) is 11.7 Å². The molecule has 0 aromatic carbocycles. The van der Waals surface area contributed by atoms with Crippen LogP contribution in [-0.4, -0.2) is 18.1 Å². The van der Waals surface area contributed by atoms with Crippen molar-refractivity contribution in [2.75, 3.05) is 0 Å². The number of esters is 1. The third-order valence-electron chi connectivity index (χ3n) is 2.03. The highest BCUT2D eigenvalue weighted by molar-refractivity contribution is 5.66. The third kappa shape index (κ3) is 3.72. The van der Waals surface area contributed by atoms with Crippen LogP contribution in [0.4, 0.5) is 0 Å². The van der Waals surface area contributed by atoms with Crippen LogP contribution in [0.5, 0.6) is 0 Å². The van der Waals surface area contributed by atoms with Crippen LogP contribution < -0.4 is 5.73 Å². The predicted molar refractivity (Wildman–Crippen MR) is 48.7 cm³/mol. The van der Waals surface area contributed by atoms with Crippen molar-refractivity contribution >= 4 is 5.97 Å². The maximum absolute atomic E-state index is 10.7. The van der Waals surface area contributed by atoms with E-state index in [1.54, 1.807) is 0 Å². The van der Waals surface area contributed by atoms with Gasteiger partial charge in [0.2, 0.25) is 0 Å². The number of ether oxygens (including phenoxy) is 1. The Morgan fingerprint density at radius 1 is 1.50 bits per heavy atom. The fraction of sp³-hybridized carbons (Fsp3) is 0.889. The second-order valence-corrected chi connectivity index (χ2v) is 3.32. The van der Waals surface area contributed by atoms with Crippen LogP contribution in [0.15, 0.2) is 0 Å². The summed E-state index contributed by atoms with van der Waals surface area (Å²) in [5.41, 5.74) is 5.68. The summed E-state index contributed by atoms with van der Waals surface area (Å²) in [6, 6.07) is -0.0937. The maximum atomic E-state index is 10.7. The first kappa shape index (κ1) is 11.4. The molecule has 0 heterocycles. The van der Waals surface area contributed by atoms with E-state index in [-0.39, 0.29) is 18.1 Å². The van der Waals surface area contributed by atoms with Gasteiger partial charge in [-0.3, -0.25) is 4.79 Å². The maximum Gasteiger partial charge on any atom is 0.302 e. The van der Waals surface area contributed by atoms with Gasteiger partial charge >= 0.3 is 5.97 Å². The van der Waals surface area contributed by atoms with Gasteiger partial charge in [-0.2, -0.15) is 0 Å². The van der Waals surface area contributed by atoms with Crippen LogP contribution in [0.25, 0.3) is 0 Å². The summed E-state index contributed by atoms with van der Waals surface area (Å²) < 4.78 is 5.10. The Kier molecular flexibility index (Phi) is 4.90. The molecule has 0 aromatic rings. The Morgan fingerprint density at radius 2 is 2.00 bits per heavy atom. The SMILES string of the molecule is CCC(C)C(OC(C)=O)C(C)N. The van der Waals surface area contributed by atoms with Crippen LogP contribution in [0.1, 0.15) is 34.1 Å². The van der Waals surface area contributed by atoms with E-state index in [1.165, 1.54) is 6.92 Å². The molecule has 3 atom stereocenters. The quantitative estimate of drug-likeness (QED) is 0.652. The summed E-state index contributed by atoms with van der Waals surface area (Å²) in [6.45, 7) is 7.37. The summed E-state index contributed by atoms with van der Waals surface area (Å²) in [4.78, 5) is 10.7. The molecule has 0 aliphatic heterocycles. The van der Waals surface area contributed by atoms with Gasteiger partial charge in [-0.1, -0.05) is 13.8 Å². The average molecular weight is 173 g/mol. The zero-order valence-electron chi connectivity index (χ0n) is 8.33. The first-order valence-electron chi connectivity index (χ1n) is 4.41. The molecular formula is C9H19NO2.